The first-order valence-corrected chi connectivity index (χ1v) is 6.89. The molecule has 1 fully saturated rings. The van der Waals surface area contributed by atoms with E-state index in [0.29, 0.717) is 11.6 Å². The zero-order valence-corrected chi connectivity index (χ0v) is 11.2. The molecule has 0 amide bonds. The second-order valence-corrected chi connectivity index (χ2v) is 5.49. The van der Waals surface area contributed by atoms with Crippen LogP contribution in [-0.2, 0) is 0 Å². The van der Waals surface area contributed by atoms with Crippen molar-refractivity contribution in [2.45, 2.75) is 26.8 Å². The number of aryl methyl sites for hydroxylation is 1. The molecule has 0 aromatic carbocycles. The number of nitrogens with zero attached hydrogens (tertiary/aromatic N) is 4. The molecule has 1 saturated heterocycles. The third-order valence-electron chi connectivity index (χ3n) is 3.19. The third kappa shape index (κ3) is 2.22. The fraction of sp³-hybridized carbons (Fsp3) is 0.583. The smallest absolute Gasteiger partial charge is 0.169 e. The van der Waals surface area contributed by atoms with Crippen LogP contribution in [0.25, 0.3) is 0 Å². The maximum atomic E-state index is 9.29. The number of hydrogen-bond donors (Lipinski definition) is 0. The van der Waals surface area contributed by atoms with Gasteiger partial charge < -0.3 is 4.90 Å². The highest BCUT2D eigenvalue weighted by Gasteiger charge is 2.24. The van der Waals surface area contributed by atoms with Gasteiger partial charge in [-0.15, -0.1) is 5.10 Å². The van der Waals surface area contributed by atoms with Crippen molar-refractivity contribution in [3.8, 4) is 6.07 Å². The van der Waals surface area contributed by atoms with E-state index in [1.54, 1.807) is 0 Å². The van der Waals surface area contributed by atoms with Crippen LogP contribution in [0.4, 0.5) is 5.82 Å². The van der Waals surface area contributed by atoms with E-state index in [-0.39, 0.29) is 0 Å². The van der Waals surface area contributed by atoms with Gasteiger partial charge in [0.05, 0.1) is 5.69 Å². The quantitative estimate of drug-likeness (QED) is 0.760. The number of thioether (sulfide) groups is 1. The van der Waals surface area contributed by atoms with Crippen LogP contribution in [0, 0.1) is 25.2 Å². The zero-order valence-electron chi connectivity index (χ0n) is 10.4. The van der Waals surface area contributed by atoms with Gasteiger partial charge in [-0.1, -0.05) is 0 Å². The summed E-state index contributed by atoms with van der Waals surface area (Å²) in [6.45, 7) is 6.94. The highest BCUT2D eigenvalue weighted by molar-refractivity contribution is 7.99. The Hall–Kier alpha value is -1.28. The number of aromatic nitrogens is 2. The van der Waals surface area contributed by atoms with Crippen LogP contribution in [0.3, 0.4) is 0 Å². The van der Waals surface area contributed by atoms with Crippen molar-refractivity contribution < 1.29 is 0 Å². The standard InChI is InChI=1S/C12H16N4S/c1-8-7-17-5-4-16(8)12-11(6-13)9(2)10(3)14-15-12/h8H,4-5,7H2,1-3H3. The molecule has 17 heavy (non-hydrogen) atoms. The van der Waals surface area contributed by atoms with Crippen molar-refractivity contribution >= 4 is 17.6 Å². The van der Waals surface area contributed by atoms with Gasteiger partial charge in [-0.2, -0.15) is 22.1 Å². The first-order valence-electron chi connectivity index (χ1n) is 5.73. The van der Waals surface area contributed by atoms with Crippen molar-refractivity contribution in [3.05, 3.63) is 16.8 Å². The van der Waals surface area contributed by atoms with Crippen LogP contribution in [-0.4, -0.2) is 34.3 Å². The lowest BCUT2D eigenvalue weighted by Gasteiger charge is -2.34. The van der Waals surface area contributed by atoms with Crippen LogP contribution in [0.1, 0.15) is 23.7 Å². The minimum atomic E-state index is 0.414. The summed E-state index contributed by atoms with van der Waals surface area (Å²) in [6.07, 6.45) is 0. The summed E-state index contributed by atoms with van der Waals surface area (Å²) < 4.78 is 0. The first-order chi connectivity index (χ1) is 8.15. The molecule has 1 unspecified atom stereocenters. The van der Waals surface area contributed by atoms with E-state index in [0.717, 1.165) is 35.1 Å². The van der Waals surface area contributed by atoms with Gasteiger partial charge in [-0.3, -0.25) is 0 Å². The molecule has 90 valence electrons. The van der Waals surface area contributed by atoms with Crippen LogP contribution >= 0.6 is 11.8 Å². The predicted octanol–water partition coefficient (Wildman–Crippen LogP) is 1.91. The average Bonchev–Trinajstić information content (AvgIpc) is 2.33. The maximum Gasteiger partial charge on any atom is 0.169 e. The largest absolute Gasteiger partial charge is 0.350 e. The van der Waals surface area contributed by atoms with E-state index in [2.05, 4.69) is 28.1 Å². The van der Waals surface area contributed by atoms with Crippen molar-refractivity contribution in [2.75, 3.05) is 23.0 Å². The molecule has 2 rings (SSSR count). The molecule has 1 aliphatic rings. The summed E-state index contributed by atoms with van der Waals surface area (Å²) in [4.78, 5) is 2.20. The molecule has 1 atom stereocenters. The van der Waals surface area contributed by atoms with Gasteiger partial charge in [0.1, 0.15) is 11.6 Å². The summed E-state index contributed by atoms with van der Waals surface area (Å²) >= 11 is 1.95. The fourth-order valence-electron chi connectivity index (χ4n) is 1.97. The molecule has 2 heterocycles. The normalized spacial score (nSPS) is 20.1. The zero-order chi connectivity index (χ0) is 12.4. The van der Waals surface area contributed by atoms with E-state index >= 15 is 0 Å². The Morgan fingerprint density at radius 1 is 1.41 bits per heavy atom. The Balaban J connectivity index is 2.45. The van der Waals surface area contributed by atoms with Crippen LogP contribution < -0.4 is 4.90 Å². The van der Waals surface area contributed by atoms with Gasteiger partial charge in [-0.25, -0.2) is 0 Å². The Labute approximate surface area is 106 Å². The molecular weight excluding hydrogens is 232 g/mol. The van der Waals surface area contributed by atoms with Gasteiger partial charge in [0, 0.05) is 24.1 Å². The summed E-state index contributed by atoms with van der Waals surface area (Å²) in [6, 6.07) is 2.69. The summed E-state index contributed by atoms with van der Waals surface area (Å²) in [7, 11) is 0. The van der Waals surface area contributed by atoms with Crippen molar-refractivity contribution in [1.82, 2.24) is 10.2 Å². The Bertz CT molecular complexity index is 466. The fourth-order valence-corrected chi connectivity index (χ4v) is 2.99. The first kappa shape index (κ1) is 12.2. The molecule has 5 heteroatoms. The Morgan fingerprint density at radius 3 is 2.82 bits per heavy atom. The highest BCUT2D eigenvalue weighted by Crippen LogP contribution is 2.26. The molecular formula is C12H16N4S. The molecule has 0 aliphatic carbocycles. The molecule has 1 aromatic heterocycles. The minimum Gasteiger partial charge on any atom is -0.350 e. The monoisotopic (exact) mass is 248 g/mol. The SMILES string of the molecule is Cc1nnc(N2CCSCC2C)c(C#N)c1C. The van der Waals surface area contributed by atoms with Crippen molar-refractivity contribution in [2.24, 2.45) is 0 Å². The number of nitriles is 1. The molecule has 0 spiro atoms. The molecule has 0 bridgehead atoms. The predicted molar refractivity (Wildman–Crippen MR) is 70.4 cm³/mol. The lowest BCUT2D eigenvalue weighted by Crippen LogP contribution is -2.41. The van der Waals surface area contributed by atoms with Gasteiger partial charge in [0.25, 0.3) is 0 Å². The van der Waals surface area contributed by atoms with Gasteiger partial charge in [0.2, 0.25) is 0 Å². The molecule has 0 N–H and O–H groups in total. The molecule has 0 radical (unpaired) electrons. The second-order valence-electron chi connectivity index (χ2n) is 4.34. The summed E-state index contributed by atoms with van der Waals surface area (Å²) in [5, 5.41) is 17.7. The van der Waals surface area contributed by atoms with Crippen molar-refractivity contribution in [1.29, 1.82) is 5.26 Å². The lowest BCUT2D eigenvalue weighted by atomic mass is 10.1. The van der Waals surface area contributed by atoms with E-state index in [9.17, 15) is 5.26 Å². The number of rotatable bonds is 1. The van der Waals surface area contributed by atoms with Crippen LogP contribution in [0.15, 0.2) is 0 Å². The second kappa shape index (κ2) is 4.92. The average molecular weight is 248 g/mol. The molecule has 4 nitrogen and oxygen atoms in total. The number of hydrogen-bond acceptors (Lipinski definition) is 5. The van der Waals surface area contributed by atoms with E-state index < -0.39 is 0 Å². The molecule has 1 aliphatic heterocycles. The van der Waals surface area contributed by atoms with E-state index in [1.165, 1.54) is 0 Å². The van der Waals surface area contributed by atoms with Gasteiger partial charge >= 0.3 is 0 Å². The molecule has 0 saturated carbocycles. The minimum absolute atomic E-state index is 0.414. The Morgan fingerprint density at radius 2 is 2.18 bits per heavy atom. The van der Waals surface area contributed by atoms with Gasteiger partial charge in [-0.05, 0) is 26.3 Å². The maximum absolute atomic E-state index is 9.29. The van der Waals surface area contributed by atoms with E-state index in [4.69, 9.17) is 0 Å². The number of anilines is 1. The highest BCUT2D eigenvalue weighted by atomic mass is 32.2. The summed E-state index contributed by atoms with van der Waals surface area (Å²) in [5.74, 6) is 2.92. The Kier molecular flexibility index (Phi) is 3.53. The topological polar surface area (TPSA) is 52.8 Å². The third-order valence-corrected chi connectivity index (χ3v) is 4.38. The van der Waals surface area contributed by atoms with Gasteiger partial charge in [0.15, 0.2) is 5.82 Å². The van der Waals surface area contributed by atoms with Crippen LogP contribution in [0.2, 0.25) is 0 Å². The lowest BCUT2D eigenvalue weighted by molar-refractivity contribution is 0.679. The van der Waals surface area contributed by atoms with Crippen molar-refractivity contribution in [3.63, 3.8) is 0 Å². The van der Waals surface area contributed by atoms with E-state index in [1.807, 2.05) is 25.6 Å². The van der Waals surface area contributed by atoms with Crippen LogP contribution in [0.5, 0.6) is 0 Å². The summed E-state index contributed by atoms with van der Waals surface area (Å²) in [5.41, 5.74) is 2.46. The molecule has 1 aromatic rings.